The molecule has 1 fully saturated rings. The second kappa shape index (κ2) is 5.69. The Kier molecular flexibility index (Phi) is 4.30. The zero-order valence-electron chi connectivity index (χ0n) is 12.3. The number of rotatable bonds is 3. The van der Waals surface area contributed by atoms with E-state index in [4.69, 9.17) is 4.74 Å². The van der Waals surface area contributed by atoms with Crippen LogP contribution in [0.15, 0.2) is 30.3 Å². The zero-order valence-corrected chi connectivity index (χ0v) is 13.1. The number of carboxylic acid groups (broad SMARTS) is 1. The van der Waals surface area contributed by atoms with E-state index >= 15 is 0 Å². The molecule has 2 rings (SSSR count). The lowest BCUT2D eigenvalue weighted by molar-refractivity contribution is -0.159. The van der Waals surface area contributed by atoms with E-state index in [1.807, 2.05) is 18.2 Å². The number of nitrogens with one attached hydrogen (secondary N) is 1. The number of benzene rings is 1. The number of carbonyl (C=O) groups excluding carboxylic acids is 1. The van der Waals surface area contributed by atoms with Crippen LogP contribution in [0.2, 0.25) is 0 Å². The summed E-state index contributed by atoms with van der Waals surface area (Å²) in [6.07, 6.45) is 0. The fourth-order valence-electron chi connectivity index (χ4n) is 2.10. The number of hydrogen-bond donors (Lipinski definition) is 2. The topological polar surface area (TPSA) is 75.6 Å². The molecule has 1 unspecified atom stereocenters. The first-order valence-corrected chi connectivity index (χ1v) is 7.66. The van der Waals surface area contributed by atoms with Gasteiger partial charge in [-0.2, -0.15) is 0 Å². The summed E-state index contributed by atoms with van der Waals surface area (Å²) in [6.45, 7) is 5.37. The molecule has 1 heterocycles. The first-order valence-electron chi connectivity index (χ1n) is 6.68. The summed E-state index contributed by atoms with van der Waals surface area (Å²) >= 11 is 1.26. The second-order valence-corrected chi connectivity index (χ2v) is 7.13. The van der Waals surface area contributed by atoms with Gasteiger partial charge in [0, 0.05) is 5.75 Å². The van der Waals surface area contributed by atoms with Gasteiger partial charge in [-0.25, -0.2) is 4.79 Å². The van der Waals surface area contributed by atoms with Crippen LogP contribution in [0.4, 0.5) is 0 Å². The van der Waals surface area contributed by atoms with Gasteiger partial charge in [-0.15, -0.1) is 11.8 Å². The van der Waals surface area contributed by atoms with Gasteiger partial charge in [0.15, 0.2) is 4.87 Å². The van der Waals surface area contributed by atoms with E-state index in [-0.39, 0.29) is 0 Å². The van der Waals surface area contributed by atoms with Crippen molar-refractivity contribution in [2.24, 2.45) is 0 Å². The van der Waals surface area contributed by atoms with Crippen LogP contribution in [0.5, 0.6) is 0 Å². The Morgan fingerprint density at radius 2 is 1.95 bits per heavy atom. The minimum atomic E-state index is -1.17. The molecule has 1 aliphatic rings. The van der Waals surface area contributed by atoms with E-state index in [1.54, 1.807) is 32.9 Å². The Morgan fingerprint density at radius 1 is 1.33 bits per heavy atom. The maximum absolute atomic E-state index is 12.7. The van der Waals surface area contributed by atoms with E-state index in [1.165, 1.54) is 11.8 Å². The number of hydrogen-bond acceptors (Lipinski definition) is 5. The molecular weight excluding hydrogens is 290 g/mol. The average Bonchev–Trinajstić information content (AvgIpc) is 2.84. The molecule has 0 amide bonds. The number of thioether (sulfide) groups is 1. The van der Waals surface area contributed by atoms with Gasteiger partial charge in [-0.05, 0) is 26.3 Å². The largest absolute Gasteiger partial charge is 0.480 e. The highest BCUT2D eigenvalue weighted by molar-refractivity contribution is 8.01. The van der Waals surface area contributed by atoms with Gasteiger partial charge in [0.2, 0.25) is 0 Å². The molecule has 0 saturated carbocycles. The van der Waals surface area contributed by atoms with Crippen molar-refractivity contribution < 1.29 is 19.4 Å². The van der Waals surface area contributed by atoms with Gasteiger partial charge in [-0.1, -0.05) is 30.3 Å². The SMILES string of the molecule is CC(C)(C)OC(=O)C1(c2ccccc2)N[C@@H](C(=O)O)CS1. The summed E-state index contributed by atoms with van der Waals surface area (Å²) < 4.78 is 5.49. The van der Waals surface area contributed by atoms with Gasteiger partial charge in [0.25, 0.3) is 0 Å². The molecule has 0 aromatic heterocycles. The standard InChI is InChI=1S/C15H19NO4S/c1-14(2,3)20-13(19)15(10-7-5-4-6-8-10)16-11(9-21-15)12(17)18/h4-8,11,16H,9H2,1-3H3,(H,17,18)/t11-,15?/m1/s1. The monoisotopic (exact) mass is 309 g/mol. The van der Waals surface area contributed by atoms with Gasteiger partial charge in [0.05, 0.1) is 0 Å². The first-order chi connectivity index (χ1) is 9.74. The number of ether oxygens (including phenoxy) is 1. The van der Waals surface area contributed by atoms with Crippen molar-refractivity contribution in [1.29, 1.82) is 0 Å². The van der Waals surface area contributed by atoms with Crippen LogP contribution in [0.1, 0.15) is 26.3 Å². The highest BCUT2D eigenvalue weighted by Gasteiger charge is 2.51. The summed E-state index contributed by atoms with van der Waals surface area (Å²) in [7, 11) is 0. The number of aliphatic carboxylic acids is 1. The van der Waals surface area contributed by atoms with Crippen molar-refractivity contribution in [3.63, 3.8) is 0 Å². The molecule has 0 spiro atoms. The van der Waals surface area contributed by atoms with Crippen LogP contribution in [0, 0.1) is 0 Å². The number of carboxylic acids is 1. The summed E-state index contributed by atoms with van der Waals surface area (Å²) in [5.41, 5.74) is 0.0654. The van der Waals surface area contributed by atoms with E-state index in [0.29, 0.717) is 11.3 Å². The fourth-order valence-corrected chi connectivity index (χ4v) is 3.43. The Morgan fingerprint density at radius 3 is 2.43 bits per heavy atom. The summed E-state index contributed by atoms with van der Waals surface area (Å²) in [6, 6.07) is 8.31. The fraction of sp³-hybridized carbons (Fsp3) is 0.467. The van der Waals surface area contributed by atoms with Crippen LogP contribution in [0.3, 0.4) is 0 Å². The molecule has 0 radical (unpaired) electrons. The Labute approximate surface area is 128 Å². The molecule has 1 saturated heterocycles. The highest BCUT2D eigenvalue weighted by Crippen LogP contribution is 2.41. The van der Waals surface area contributed by atoms with Crippen molar-refractivity contribution >= 4 is 23.7 Å². The first kappa shape index (κ1) is 15.9. The predicted octanol–water partition coefficient (Wildman–Crippen LogP) is 1.97. The lowest BCUT2D eigenvalue weighted by atomic mass is 10.0. The average molecular weight is 309 g/mol. The van der Waals surface area contributed by atoms with Crippen LogP contribution < -0.4 is 5.32 Å². The van der Waals surface area contributed by atoms with Crippen molar-refractivity contribution in [3.8, 4) is 0 Å². The molecule has 0 bridgehead atoms. The maximum atomic E-state index is 12.7. The Bertz CT molecular complexity index is 540. The molecule has 6 heteroatoms. The van der Waals surface area contributed by atoms with Gasteiger partial charge < -0.3 is 9.84 Å². The minimum absolute atomic E-state index is 0.309. The molecule has 1 aromatic rings. The summed E-state index contributed by atoms with van der Waals surface area (Å²) in [5, 5.41) is 12.1. The van der Waals surface area contributed by atoms with Crippen molar-refractivity contribution in [1.82, 2.24) is 5.32 Å². The smallest absolute Gasteiger partial charge is 0.342 e. The molecule has 5 nitrogen and oxygen atoms in total. The molecular formula is C15H19NO4S. The summed E-state index contributed by atoms with van der Waals surface area (Å²) in [4.78, 5) is 22.7. The molecule has 2 atom stereocenters. The summed E-state index contributed by atoms with van der Waals surface area (Å²) in [5.74, 6) is -1.12. The van der Waals surface area contributed by atoms with Gasteiger partial charge >= 0.3 is 11.9 Å². The van der Waals surface area contributed by atoms with Crippen LogP contribution in [-0.2, 0) is 19.2 Å². The normalized spacial score (nSPS) is 25.6. The van der Waals surface area contributed by atoms with E-state index < -0.39 is 28.5 Å². The van der Waals surface area contributed by atoms with E-state index in [9.17, 15) is 14.7 Å². The Balaban J connectivity index is 2.37. The zero-order chi connectivity index (χ0) is 15.7. The van der Waals surface area contributed by atoms with Crippen molar-refractivity contribution in [3.05, 3.63) is 35.9 Å². The number of carbonyl (C=O) groups is 2. The van der Waals surface area contributed by atoms with Crippen molar-refractivity contribution in [2.75, 3.05) is 5.75 Å². The quantitative estimate of drug-likeness (QED) is 0.832. The molecule has 1 aliphatic heterocycles. The second-order valence-electron chi connectivity index (χ2n) is 5.90. The minimum Gasteiger partial charge on any atom is -0.480 e. The van der Waals surface area contributed by atoms with Crippen LogP contribution in [0.25, 0.3) is 0 Å². The van der Waals surface area contributed by atoms with Gasteiger partial charge in [-0.3, -0.25) is 10.1 Å². The Hall–Kier alpha value is -1.53. The molecule has 2 N–H and O–H groups in total. The van der Waals surface area contributed by atoms with E-state index in [2.05, 4.69) is 5.32 Å². The van der Waals surface area contributed by atoms with Crippen LogP contribution >= 0.6 is 11.8 Å². The third kappa shape index (κ3) is 3.39. The molecule has 114 valence electrons. The lowest BCUT2D eigenvalue weighted by Crippen LogP contribution is -2.50. The predicted molar refractivity (Wildman–Crippen MR) is 81.0 cm³/mol. The van der Waals surface area contributed by atoms with E-state index in [0.717, 1.165) is 0 Å². The molecule has 0 aliphatic carbocycles. The van der Waals surface area contributed by atoms with Gasteiger partial charge in [0.1, 0.15) is 11.6 Å². The number of esters is 1. The third-order valence-electron chi connectivity index (χ3n) is 3.01. The van der Waals surface area contributed by atoms with Crippen molar-refractivity contribution in [2.45, 2.75) is 37.3 Å². The highest BCUT2D eigenvalue weighted by atomic mass is 32.2. The molecule has 21 heavy (non-hydrogen) atoms. The van der Waals surface area contributed by atoms with Crippen LogP contribution in [-0.4, -0.2) is 34.4 Å². The molecule has 1 aromatic carbocycles. The maximum Gasteiger partial charge on any atom is 0.342 e. The third-order valence-corrected chi connectivity index (χ3v) is 4.46. The lowest BCUT2D eigenvalue weighted by Gasteiger charge is -2.31.